The van der Waals surface area contributed by atoms with Gasteiger partial charge in [-0.3, -0.25) is 4.79 Å². The zero-order valence-corrected chi connectivity index (χ0v) is 12.7. The minimum absolute atomic E-state index is 0.0642. The van der Waals surface area contributed by atoms with Crippen LogP contribution in [-0.2, 0) is 16.1 Å². The lowest BCUT2D eigenvalue weighted by Gasteiger charge is -2.23. The van der Waals surface area contributed by atoms with Gasteiger partial charge < -0.3 is 14.6 Å². The van der Waals surface area contributed by atoms with E-state index in [1.54, 1.807) is 0 Å². The molecule has 2 aromatic rings. The van der Waals surface area contributed by atoms with E-state index < -0.39 is 0 Å². The first kappa shape index (κ1) is 13.6. The third-order valence-electron chi connectivity index (χ3n) is 3.66. The quantitative estimate of drug-likeness (QED) is 0.936. The molecule has 20 heavy (non-hydrogen) atoms. The van der Waals surface area contributed by atoms with Gasteiger partial charge in [-0.25, -0.2) is 0 Å². The Kier molecular flexibility index (Phi) is 4.08. The number of ether oxygens (including phenoxy) is 1. The fourth-order valence-corrected chi connectivity index (χ4v) is 3.08. The Morgan fingerprint density at radius 1 is 1.35 bits per heavy atom. The topological polar surface area (TPSA) is 43.3 Å². The molecule has 1 aliphatic heterocycles. The van der Waals surface area contributed by atoms with Crippen molar-refractivity contribution in [2.24, 2.45) is 0 Å². The van der Waals surface area contributed by atoms with Crippen LogP contribution in [0.3, 0.4) is 0 Å². The number of halogens is 1. The van der Waals surface area contributed by atoms with Crippen LogP contribution in [0.2, 0.25) is 0 Å². The van der Waals surface area contributed by atoms with E-state index in [-0.39, 0.29) is 11.9 Å². The standard InChI is InChI=1S/C15H17BrN2O2/c16-13-2-1-3-14-12(13)4-7-18(14)10-15(19)17-11-5-8-20-9-6-11/h1-4,7,11H,5-6,8-10H2,(H,17,19). The largest absolute Gasteiger partial charge is 0.381 e. The van der Waals surface area contributed by atoms with Crippen molar-refractivity contribution < 1.29 is 9.53 Å². The number of hydrogen-bond donors (Lipinski definition) is 1. The highest BCUT2D eigenvalue weighted by Crippen LogP contribution is 2.24. The van der Waals surface area contributed by atoms with E-state index in [0.29, 0.717) is 6.54 Å². The van der Waals surface area contributed by atoms with Crippen molar-refractivity contribution in [3.05, 3.63) is 34.9 Å². The molecule has 1 fully saturated rings. The second-order valence-electron chi connectivity index (χ2n) is 5.07. The van der Waals surface area contributed by atoms with Crippen molar-refractivity contribution in [2.45, 2.75) is 25.4 Å². The summed E-state index contributed by atoms with van der Waals surface area (Å²) in [5, 5.41) is 4.22. The van der Waals surface area contributed by atoms with Crippen LogP contribution in [0.15, 0.2) is 34.9 Å². The van der Waals surface area contributed by atoms with Crippen LogP contribution in [0.5, 0.6) is 0 Å². The van der Waals surface area contributed by atoms with Crippen LogP contribution in [0.25, 0.3) is 10.9 Å². The average Bonchev–Trinajstić information content (AvgIpc) is 2.84. The van der Waals surface area contributed by atoms with Gasteiger partial charge in [0.25, 0.3) is 0 Å². The number of amides is 1. The summed E-state index contributed by atoms with van der Waals surface area (Å²) in [5.41, 5.74) is 1.07. The van der Waals surface area contributed by atoms with Crippen molar-refractivity contribution >= 4 is 32.7 Å². The molecule has 1 aromatic heterocycles. The molecule has 106 valence electrons. The van der Waals surface area contributed by atoms with E-state index in [4.69, 9.17) is 4.74 Å². The summed E-state index contributed by atoms with van der Waals surface area (Å²) in [6.07, 6.45) is 3.77. The SMILES string of the molecule is O=C(Cn1ccc2c(Br)cccc21)NC1CCOCC1. The highest BCUT2D eigenvalue weighted by Gasteiger charge is 2.16. The molecule has 1 amide bonds. The lowest BCUT2D eigenvalue weighted by atomic mass is 10.1. The number of nitrogens with zero attached hydrogens (tertiary/aromatic N) is 1. The molecule has 1 saturated heterocycles. The van der Waals surface area contributed by atoms with Gasteiger partial charge in [0, 0.05) is 40.8 Å². The van der Waals surface area contributed by atoms with Gasteiger partial charge in [-0.1, -0.05) is 22.0 Å². The maximum absolute atomic E-state index is 12.1. The summed E-state index contributed by atoms with van der Waals surface area (Å²) < 4.78 is 8.33. The molecular formula is C15H17BrN2O2. The summed E-state index contributed by atoms with van der Waals surface area (Å²) in [4.78, 5) is 12.1. The van der Waals surface area contributed by atoms with Crippen LogP contribution in [0.1, 0.15) is 12.8 Å². The normalized spacial score (nSPS) is 16.4. The average molecular weight is 337 g/mol. The fraction of sp³-hybridized carbons (Fsp3) is 0.400. The molecule has 5 heteroatoms. The van der Waals surface area contributed by atoms with Crippen LogP contribution in [0, 0.1) is 0 Å². The number of fused-ring (bicyclic) bond motifs is 1. The summed E-state index contributed by atoms with van der Waals surface area (Å²) in [6.45, 7) is 1.84. The number of rotatable bonds is 3. The first-order valence-electron chi connectivity index (χ1n) is 6.84. The first-order chi connectivity index (χ1) is 9.74. The molecule has 0 radical (unpaired) electrons. The summed E-state index contributed by atoms with van der Waals surface area (Å²) >= 11 is 3.53. The van der Waals surface area contributed by atoms with Gasteiger partial charge in [-0.05, 0) is 31.0 Å². The Labute approximate surface area is 126 Å². The number of carbonyl (C=O) groups excluding carboxylic acids is 1. The Morgan fingerprint density at radius 2 is 2.15 bits per heavy atom. The van der Waals surface area contributed by atoms with Crippen LogP contribution >= 0.6 is 15.9 Å². The summed E-state index contributed by atoms with van der Waals surface area (Å²) in [5.74, 6) is 0.0642. The molecule has 1 aromatic carbocycles. The van der Waals surface area contributed by atoms with E-state index in [2.05, 4.69) is 21.2 Å². The molecule has 4 nitrogen and oxygen atoms in total. The van der Waals surface area contributed by atoms with Gasteiger partial charge in [0.1, 0.15) is 6.54 Å². The Balaban J connectivity index is 1.69. The van der Waals surface area contributed by atoms with Gasteiger partial charge >= 0.3 is 0 Å². The molecule has 1 N–H and O–H groups in total. The number of nitrogens with one attached hydrogen (secondary N) is 1. The molecular weight excluding hydrogens is 320 g/mol. The highest BCUT2D eigenvalue weighted by atomic mass is 79.9. The number of benzene rings is 1. The van der Waals surface area contributed by atoms with Crippen molar-refractivity contribution in [3.63, 3.8) is 0 Å². The zero-order valence-electron chi connectivity index (χ0n) is 11.1. The fourth-order valence-electron chi connectivity index (χ4n) is 2.59. The van der Waals surface area contributed by atoms with E-state index in [1.807, 2.05) is 35.0 Å². The number of carbonyl (C=O) groups is 1. The molecule has 0 saturated carbocycles. The Hall–Kier alpha value is -1.33. The minimum Gasteiger partial charge on any atom is -0.381 e. The third kappa shape index (κ3) is 2.88. The second kappa shape index (κ2) is 5.97. The predicted octanol–water partition coefficient (Wildman–Crippen LogP) is 2.70. The zero-order chi connectivity index (χ0) is 13.9. The van der Waals surface area contributed by atoms with Gasteiger partial charge in [0.05, 0.1) is 0 Å². The molecule has 2 heterocycles. The van der Waals surface area contributed by atoms with E-state index in [1.165, 1.54) is 0 Å². The summed E-state index contributed by atoms with van der Waals surface area (Å²) in [7, 11) is 0. The molecule has 0 atom stereocenters. The predicted molar refractivity (Wildman–Crippen MR) is 81.6 cm³/mol. The smallest absolute Gasteiger partial charge is 0.240 e. The summed E-state index contributed by atoms with van der Waals surface area (Å²) in [6, 6.07) is 8.31. The Morgan fingerprint density at radius 3 is 2.95 bits per heavy atom. The maximum Gasteiger partial charge on any atom is 0.240 e. The van der Waals surface area contributed by atoms with Gasteiger partial charge in [0.15, 0.2) is 0 Å². The van der Waals surface area contributed by atoms with Crippen molar-refractivity contribution in [1.82, 2.24) is 9.88 Å². The van der Waals surface area contributed by atoms with E-state index >= 15 is 0 Å². The van der Waals surface area contributed by atoms with Gasteiger partial charge in [-0.15, -0.1) is 0 Å². The highest BCUT2D eigenvalue weighted by molar-refractivity contribution is 9.10. The number of hydrogen-bond acceptors (Lipinski definition) is 2. The molecule has 3 rings (SSSR count). The van der Waals surface area contributed by atoms with Crippen molar-refractivity contribution in [1.29, 1.82) is 0 Å². The molecule has 1 aliphatic rings. The molecule has 0 spiro atoms. The molecule has 0 bridgehead atoms. The lowest BCUT2D eigenvalue weighted by Crippen LogP contribution is -2.40. The molecule has 0 unspecified atom stereocenters. The van der Waals surface area contributed by atoms with E-state index in [0.717, 1.165) is 41.4 Å². The van der Waals surface area contributed by atoms with Crippen LogP contribution < -0.4 is 5.32 Å². The van der Waals surface area contributed by atoms with Crippen molar-refractivity contribution in [2.75, 3.05) is 13.2 Å². The van der Waals surface area contributed by atoms with Crippen molar-refractivity contribution in [3.8, 4) is 0 Å². The van der Waals surface area contributed by atoms with Crippen LogP contribution in [0.4, 0.5) is 0 Å². The first-order valence-corrected chi connectivity index (χ1v) is 7.64. The van der Waals surface area contributed by atoms with Gasteiger partial charge in [0.2, 0.25) is 5.91 Å². The second-order valence-corrected chi connectivity index (χ2v) is 5.92. The lowest BCUT2D eigenvalue weighted by molar-refractivity contribution is -0.122. The minimum atomic E-state index is 0.0642. The Bertz CT molecular complexity index is 617. The third-order valence-corrected chi connectivity index (χ3v) is 4.35. The van der Waals surface area contributed by atoms with E-state index in [9.17, 15) is 4.79 Å². The molecule has 0 aliphatic carbocycles. The maximum atomic E-state index is 12.1. The van der Waals surface area contributed by atoms with Gasteiger partial charge in [-0.2, -0.15) is 0 Å². The monoisotopic (exact) mass is 336 g/mol. The van der Waals surface area contributed by atoms with Crippen LogP contribution in [-0.4, -0.2) is 29.7 Å². The number of aromatic nitrogens is 1.